The number of aromatic carboxylic acids is 1. The quantitative estimate of drug-likeness (QED) is 0.492. The van der Waals surface area contributed by atoms with Gasteiger partial charge < -0.3 is 20.3 Å². The van der Waals surface area contributed by atoms with E-state index in [1.165, 1.54) is 19.2 Å². The molecule has 0 aliphatic rings. The topological polar surface area (TPSA) is 122 Å². The van der Waals surface area contributed by atoms with Crippen LogP contribution in [0.4, 0.5) is 11.4 Å². The lowest BCUT2D eigenvalue weighted by atomic mass is 10.1. The lowest BCUT2D eigenvalue weighted by molar-refractivity contribution is -0.384. The molecule has 1 rings (SSSR count). The molecule has 0 amide bonds. The molecular formula is C11H14N2O6. The fourth-order valence-corrected chi connectivity index (χ4v) is 1.59. The highest BCUT2D eigenvalue weighted by Gasteiger charge is 2.25. The van der Waals surface area contributed by atoms with Crippen LogP contribution in [0, 0.1) is 10.1 Å². The number of carbonyl (C=O) groups is 1. The predicted molar refractivity (Wildman–Crippen MR) is 66.4 cm³/mol. The molecule has 8 nitrogen and oxygen atoms in total. The molecule has 3 N–H and O–H groups in total. The van der Waals surface area contributed by atoms with Gasteiger partial charge in [0.1, 0.15) is 11.3 Å². The van der Waals surface area contributed by atoms with Gasteiger partial charge in [-0.15, -0.1) is 0 Å². The maximum atomic E-state index is 11.0. The third-order valence-corrected chi connectivity index (χ3v) is 2.40. The van der Waals surface area contributed by atoms with Crippen molar-refractivity contribution in [3.05, 3.63) is 33.9 Å². The van der Waals surface area contributed by atoms with Crippen molar-refractivity contribution in [2.24, 2.45) is 0 Å². The summed E-state index contributed by atoms with van der Waals surface area (Å²) < 4.78 is 4.84. The van der Waals surface area contributed by atoms with Crippen molar-refractivity contribution >= 4 is 17.3 Å². The molecule has 104 valence electrons. The highest BCUT2D eigenvalue weighted by atomic mass is 16.6. The molecule has 1 atom stereocenters. The molecule has 0 heterocycles. The van der Waals surface area contributed by atoms with Crippen molar-refractivity contribution in [1.82, 2.24) is 0 Å². The van der Waals surface area contributed by atoms with Crippen LogP contribution in [0.5, 0.6) is 0 Å². The van der Waals surface area contributed by atoms with E-state index in [0.717, 1.165) is 6.07 Å². The van der Waals surface area contributed by atoms with Crippen LogP contribution in [0.15, 0.2) is 18.2 Å². The molecule has 0 aromatic heterocycles. The largest absolute Gasteiger partial charge is 0.477 e. The molecule has 0 saturated carbocycles. The Labute approximate surface area is 108 Å². The lowest BCUT2D eigenvalue weighted by Gasteiger charge is -2.16. The smallest absolute Gasteiger partial charge is 0.342 e. The minimum atomic E-state index is -1.39. The Hall–Kier alpha value is -2.19. The molecule has 8 heteroatoms. The summed E-state index contributed by atoms with van der Waals surface area (Å²) in [7, 11) is 1.42. The molecule has 0 aliphatic heterocycles. The molecule has 1 unspecified atom stereocenters. The van der Waals surface area contributed by atoms with Gasteiger partial charge in [-0.2, -0.15) is 0 Å². The number of rotatable bonds is 7. The number of benzene rings is 1. The van der Waals surface area contributed by atoms with Crippen molar-refractivity contribution in [1.29, 1.82) is 0 Å². The summed E-state index contributed by atoms with van der Waals surface area (Å²) in [6, 6.07) is 3.35. The lowest BCUT2D eigenvalue weighted by Crippen LogP contribution is -2.29. The third kappa shape index (κ3) is 3.63. The highest BCUT2D eigenvalue weighted by Crippen LogP contribution is 2.29. The van der Waals surface area contributed by atoms with Crippen LogP contribution >= 0.6 is 0 Å². The van der Waals surface area contributed by atoms with Gasteiger partial charge in [0, 0.05) is 7.11 Å². The standard InChI is InChI=1S/C11H14N2O6/c1-19-6-7(5-14)12-9-4-2-3-8(11(15)16)10(9)13(17)18/h2-4,7,12,14H,5-6H2,1H3,(H,15,16). The first kappa shape index (κ1) is 14.9. The number of anilines is 1. The summed E-state index contributed by atoms with van der Waals surface area (Å²) in [5.41, 5.74) is -0.922. The third-order valence-electron chi connectivity index (χ3n) is 2.40. The van der Waals surface area contributed by atoms with Crippen LogP contribution in [0.25, 0.3) is 0 Å². The van der Waals surface area contributed by atoms with Gasteiger partial charge in [-0.05, 0) is 12.1 Å². The number of nitrogens with zero attached hydrogens (tertiary/aromatic N) is 1. The van der Waals surface area contributed by atoms with Gasteiger partial charge in [0.25, 0.3) is 0 Å². The SMILES string of the molecule is COCC(CO)Nc1cccc(C(=O)O)c1[N+](=O)[O-]. The van der Waals surface area contributed by atoms with E-state index in [9.17, 15) is 14.9 Å². The van der Waals surface area contributed by atoms with Crippen LogP contribution in [0.3, 0.4) is 0 Å². The number of hydrogen-bond donors (Lipinski definition) is 3. The second-order valence-corrected chi connectivity index (χ2v) is 3.74. The zero-order chi connectivity index (χ0) is 14.4. The number of nitrogens with one attached hydrogen (secondary N) is 1. The zero-order valence-corrected chi connectivity index (χ0v) is 10.2. The average Bonchev–Trinajstić information content (AvgIpc) is 2.37. The molecular weight excluding hydrogens is 256 g/mol. The Bertz CT molecular complexity index is 476. The number of aliphatic hydroxyl groups is 1. The molecule has 0 fully saturated rings. The number of para-hydroxylation sites is 1. The molecule has 0 bridgehead atoms. The number of nitro benzene ring substituents is 1. The van der Waals surface area contributed by atoms with Crippen molar-refractivity contribution in [3.63, 3.8) is 0 Å². The van der Waals surface area contributed by atoms with E-state index in [4.69, 9.17) is 14.9 Å². The summed E-state index contributed by atoms with van der Waals surface area (Å²) in [5, 5.41) is 31.7. The number of nitro groups is 1. The normalized spacial score (nSPS) is 11.9. The zero-order valence-electron chi connectivity index (χ0n) is 10.2. The van der Waals surface area contributed by atoms with E-state index in [0.29, 0.717) is 0 Å². The highest BCUT2D eigenvalue weighted by molar-refractivity contribution is 5.95. The van der Waals surface area contributed by atoms with E-state index in [-0.39, 0.29) is 18.9 Å². The summed E-state index contributed by atoms with van der Waals surface area (Å²) in [6.07, 6.45) is 0. The minimum Gasteiger partial charge on any atom is -0.477 e. The molecule has 0 spiro atoms. The van der Waals surface area contributed by atoms with Crippen molar-refractivity contribution in [3.8, 4) is 0 Å². The fraction of sp³-hybridized carbons (Fsp3) is 0.364. The number of ether oxygens (including phenoxy) is 1. The number of carboxylic acids is 1. The van der Waals surface area contributed by atoms with E-state index >= 15 is 0 Å². The predicted octanol–water partition coefficient (Wildman–Crippen LogP) is 0.712. The summed E-state index contributed by atoms with van der Waals surface area (Å²) in [5.74, 6) is -1.39. The number of aliphatic hydroxyl groups excluding tert-OH is 1. The van der Waals surface area contributed by atoms with Crippen molar-refractivity contribution in [2.45, 2.75) is 6.04 Å². The average molecular weight is 270 g/mol. The Morgan fingerprint density at radius 3 is 2.74 bits per heavy atom. The molecule has 1 aromatic carbocycles. The first-order valence-corrected chi connectivity index (χ1v) is 5.38. The van der Waals surface area contributed by atoms with Gasteiger partial charge in [-0.25, -0.2) is 4.79 Å². The molecule has 0 saturated heterocycles. The Morgan fingerprint density at radius 1 is 1.58 bits per heavy atom. The Balaban J connectivity index is 3.16. The number of methoxy groups -OCH3 is 1. The minimum absolute atomic E-state index is 0.0287. The van der Waals surface area contributed by atoms with Gasteiger partial charge in [0.15, 0.2) is 0 Å². The van der Waals surface area contributed by atoms with E-state index in [2.05, 4.69) is 5.32 Å². The summed E-state index contributed by atoms with van der Waals surface area (Å²) in [4.78, 5) is 21.2. The van der Waals surface area contributed by atoms with Crippen molar-refractivity contribution < 1.29 is 24.7 Å². The summed E-state index contributed by atoms with van der Waals surface area (Å²) in [6.45, 7) is -0.173. The van der Waals surface area contributed by atoms with E-state index in [1.54, 1.807) is 0 Å². The van der Waals surface area contributed by atoms with Gasteiger partial charge in [0.05, 0.1) is 24.2 Å². The Morgan fingerprint density at radius 2 is 2.26 bits per heavy atom. The van der Waals surface area contributed by atoms with E-state index in [1.807, 2.05) is 0 Å². The Kier molecular flexibility index (Phi) is 5.22. The second-order valence-electron chi connectivity index (χ2n) is 3.74. The molecule has 0 radical (unpaired) electrons. The van der Waals surface area contributed by atoms with Crippen molar-refractivity contribution in [2.75, 3.05) is 25.6 Å². The fourth-order valence-electron chi connectivity index (χ4n) is 1.59. The van der Waals surface area contributed by atoms with Gasteiger partial charge in [-0.1, -0.05) is 6.07 Å². The van der Waals surface area contributed by atoms with Gasteiger partial charge in [0.2, 0.25) is 0 Å². The van der Waals surface area contributed by atoms with Crippen LogP contribution in [0.1, 0.15) is 10.4 Å². The monoisotopic (exact) mass is 270 g/mol. The second kappa shape index (κ2) is 6.66. The molecule has 19 heavy (non-hydrogen) atoms. The number of carboxylic acid groups (broad SMARTS) is 1. The van der Waals surface area contributed by atoms with Gasteiger partial charge >= 0.3 is 11.7 Å². The first-order valence-electron chi connectivity index (χ1n) is 5.38. The molecule has 0 aliphatic carbocycles. The number of hydrogen-bond acceptors (Lipinski definition) is 6. The van der Waals surface area contributed by atoms with Crippen LogP contribution in [-0.4, -0.2) is 47.5 Å². The molecule has 1 aromatic rings. The van der Waals surface area contributed by atoms with E-state index < -0.39 is 28.2 Å². The maximum absolute atomic E-state index is 11.0. The first-order chi connectivity index (χ1) is 9.01. The summed E-state index contributed by atoms with van der Waals surface area (Å²) >= 11 is 0. The van der Waals surface area contributed by atoms with Crippen LogP contribution in [0.2, 0.25) is 0 Å². The van der Waals surface area contributed by atoms with Crippen LogP contribution < -0.4 is 5.32 Å². The van der Waals surface area contributed by atoms with Crippen LogP contribution in [-0.2, 0) is 4.74 Å². The van der Waals surface area contributed by atoms with Gasteiger partial charge in [-0.3, -0.25) is 10.1 Å². The maximum Gasteiger partial charge on any atom is 0.342 e.